The third-order valence-electron chi connectivity index (χ3n) is 2.79. The van der Waals surface area contributed by atoms with Crippen LogP contribution >= 0.6 is 31.9 Å². The molecule has 100 valence electrons. The van der Waals surface area contributed by atoms with Crippen molar-refractivity contribution in [2.24, 2.45) is 0 Å². The van der Waals surface area contributed by atoms with Gasteiger partial charge in [0.05, 0.1) is 13.1 Å². The van der Waals surface area contributed by atoms with Gasteiger partial charge in [-0.1, -0.05) is 15.9 Å². The van der Waals surface area contributed by atoms with Crippen LogP contribution in [0.4, 0.5) is 5.69 Å². The number of nitrogens with two attached hydrogens (primary N) is 1. The van der Waals surface area contributed by atoms with Crippen LogP contribution in [0.15, 0.2) is 21.1 Å². The summed E-state index contributed by atoms with van der Waals surface area (Å²) in [6, 6.07) is 3.14. The molecule has 0 unspecified atom stereocenters. The minimum absolute atomic E-state index is 0.151. The van der Waals surface area contributed by atoms with E-state index in [-0.39, 0.29) is 12.8 Å². The quantitative estimate of drug-likeness (QED) is 0.703. The molecule has 0 aliphatic heterocycles. The fourth-order valence-corrected chi connectivity index (χ4v) is 3.07. The van der Waals surface area contributed by atoms with E-state index in [2.05, 4.69) is 37.2 Å². The van der Waals surface area contributed by atoms with Crippen molar-refractivity contribution in [1.29, 1.82) is 0 Å². The van der Waals surface area contributed by atoms with E-state index in [9.17, 15) is 5.11 Å². The lowest BCUT2D eigenvalue weighted by molar-refractivity contribution is 0.116. The first-order chi connectivity index (χ1) is 10.4. The lowest BCUT2D eigenvalue weighted by Gasteiger charge is -2.26. The van der Waals surface area contributed by atoms with E-state index < -0.39 is 24.9 Å². The van der Waals surface area contributed by atoms with Crippen molar-refractivity contribution < 1.29 is 12.0 Å². The summed E-state index contributed by atoms with van der Waals surface area (Å²) in [5.74, 6) is 0. The molecule has 0 heterocycles. The number of hydrogen-bond acceptors (Lipinski definition) is 3. The van der Waals surface area contributed by atoms with Crippen molar-refractivity contribution in [3.05, 3.63) is 26.6 Å². The topological polar surface area (TPSA) is 58.3 Å². The molecule has 1 saturated carbocycles. The van der Waals surface area contributed by atoms with Gasteiger partial charge in [-0.3, -0.25) is 0 Å². The molecule has 0 radical (unpaired) electrons. The van der Waals surface area contributed by atoms with Crippen molar-refractivity contribution in [2.45, 2.75) is 44.3 Å². The SMILES string of the molecule is [2H]C1([2H])CC(NCc2cc(Br)cc(Br)c2N)CC([2H])([2H])C1([2H])O. The Kier molecular flexibility index (Phi) is 3.17. The largest absolute Gasteiger partial charge is 0.398 e. The second kappa shape index (κ2) is 6.37. The van der Waals surface area contributed by atoms with Crippen LogP contribution < -0.4 is 11.1 Å². The Labute approximate surface area is 131 Å². The van der Waals surface area contributed by atoms with Gasteiger partial charge >= 0.3 is 0 Å². The summed E-state index contributed by atoms with van der Waals surface area (Å²) in [5, 5.41) is 13.0. The zero-order valence-corrected chi connectivity index (χ0v) is 12.8. The van der Waals surface area contributed by atoms with E-state index >= 15 is 0 Å². The van der Waals surface area contributed by atoms with Gasteiger partial charge in [0.1, 0.15) is 0 Å². The molecule has 1 aliphatic carbocycles. The molecule has 0 amide bonds. The molecule has 0 aromatic heterocycles. The van der Waals surface area contributed by atoms with Gasteiger partial charge in [0.15, 0.2) is 0 Å². The zero-order chi connectivity index (χ0) is 17.6. The third-order valence-corrected chi connectivity index (χ3v) is 3.91. The van der Waals surface area contributed by atoms with E-state index in [0.717, 1.165) is 14.5 Å². The second-order valence-corrected chi connectivity index (χ2v) is 5.92. The molecule has 0 bridgehead atoms. The molecule has 0 atom stereocenters. The maximum absolute atomic E-state index is 9.91. The highest BCUT2D eigenvalue weighted by molar-refractivity contribution is 9.11. The van der Waals surface area contributed by atoms with Gasteiger partial charge < -0.3 is 16.2 Å². The van der Waals surface area contributed by atoms with Crippen molar-refractivity contribution in [3.8, 4) is 0 Å². The van der Waals surface area contributed by atoms with Gasteiger partial charge in [0.25, 0.3) is 0 Å². The molecule has 3 nitrogen and oxygen atoms in total. The molecule has 1 aromatic carbocycles. The first-order valence-electron chi connectivity index (χ1n) is 8.06. The Morgan fingerprint density at radius 1 is 1.44 bits per heavy atom. The van der Waals surface area contributed by atoms with Crippen molar-refractivity contribution in [2.75, 3.05) is 5.73 Å². The van der Waals surface area contributed by atoms with Crippen LogP contribution in [-0.2, 0) is 6.54 Å². The average Bonchev–Trinajstić information content (AvgIpc) is 2.38. The number of anilines is 1. The van der Waals surface area contributed by atoms with Crippen LogP contribution in [0.25, 0.3) is 0 Å². The highest BCUT2D eigenvalue weighted by atomic mass is 79.9. The fraction of sp³-hybridized carbons (Fsp3) is 0.538. The molecule has 0 spiro atoms. The molecule has 4 N–H and O–H groups in total. The smallest absolute Gasteiger partial charge is 0.0600 e. The Balaban J connectivity index is 2.14. The lowest BCUT2D eigenvalue weighted by Crippen LogP contribution is -2.34. The standard InChI is InChI=1S/C13H18Br2N2O/c14-9-5-8(13(16)12(15)6-9)7-17-10-1-3-11(18)4-2-10/h5-6,10-11,17-18H,1-4,7,16H2/i3D2,4D2,11D. The van der Waals surface area contributed by atoms with Gasteiger partial charge in [-0.05, 0) is 59.2 Å². The van der Waals surface area contributed by atoms with E-state index in [1.807, 2.05) is 12.1 Å². The predicted molar refractivity (Wildman–Crippen MR) is 81.4 cm³/mol. The number of nitrogen functional groups attached to an aromatic ring is 1. The van der Waals surface area contributed by atoms with Crippen LogP contribution in [0.1, 0.15) is 38.0 Å². The third kappa shape index (κ3) is 3.70. The molecule has 2 rings (SSSR count). The Bertz CT molecular complexity index is 592. The molecular weight excluding hydrogens is 360 g/mol. The fourth-order valence-electron chi connectivity index (χ4n) is 1.76. The maximum Gasteiger partial charge on any atom is 0.0600 e. The Morgan fingerprint density at radius 3 is 2.78 bits per heavy atom. The van der Waals surface area contributed by atoms with Crippen molar-refractivity contribution in [3.63, 3.8) is 0 Å². The van der Waals surface area contributed by atoms with Crippen LogP contribution in [0.3, 0.4) is 0 Å². The van der Waals surface area contributed by atoms with E-state index in [0.29, 0.717) is 12.2 Å². The summed E-state index contributed by atoms with van der Waals surface area (Å²) in [7, 11) is 0. The molecule has 0 saturated heterocycles. The maximum atomic E-state index is 9.91. The van der Waals surface area contributed by atoms with Crippen LogP contribution in [0, 0.1) is 0 Å². The lowest BCUT2D eigenvalue weighted by atomic mass is 9.93. The van der Waals surface area contributed by atoms with Gasteiger partial charge in [0, 0.05) is 27.0 Å². The van der Waals surface area contributed by atoms with Gasteiger partial charge in [-0.25, -0.2) is 0 Å². The predicted octanol–water partition coefficient (Wildman–Crippen LogP) is 3.19. The van der Waals surface area contributed by atoms with Gasteiger partial charge in [-0.2, -0.15) is 0 Å². The average molecular weight is 383 g/mol. The summed E-state index contributed by atoms with van der Waals surface area (Å²) >= 11 is 6.73. The number of hydrogen-bond donors (Lipinski definition) is 3. The molecule has 18 heavy (non-hydrogen) atoms. The molecule has 1 aliphatic rings. The monoisotopic (exact) mass is 381 g/mol. The minimum Gasteiger partial charge on any atom is -0.398 e. The van der Waals surface area contributed by atoms with E-state index in [1.54, 1.807) is 0 Å². The second-order valence-electron chi connectivity index (χ2n) is 4.15. The van der Waals surface area contributed by atoms with Gasteiger partial charge in [0.2, 0.25) is 0 Å². The van der Waals surface area contributed by atoms with Crippen molar-refractivity contribution in [1.82, 2.24) is 5.32 Å². The summed E-state index contributed by atoms with van der Waals surface area (Å²) in [6.07, 6.45) is -7.77. The molecule has 5 heteroatoms. The first kappa shape index (κ1) is 8.95. The van der Waals surface area contributed by atoms with E-state index in [4.69, 9.17) is 12.6 Å². The number of nitrogens with one attached hydrogen (secondary N) is 1. The summed E-state index contributed by atoms with van der Waals surface area (Å²) in [6.45, 7) is 0.330. The number of rotatable bonds is 3. The van der Waals surface area contributed by atoms with Gasteiger partial charge in [-0.15, -0.1) is 0 Å². The Hall–Kier alpha value is -0.100. The number of benzene rings is 1. The van der Waals surface area contributed by atoms with Crippen LogP contribution in [0.2, 0.25) is 0 Å². The first-order valence-corrected chi connectivity index (χ1v) is 7.15. The minimum atomic E-state index is -2.77. The highest BCUT2D eigenvalue weighted by Gasteiger charge is 2.19. The number of halogens is 2. The summed E-state index contributed by atoms with van der Waals surface area (Å²) in [4.78, 5) is 0. The normalized spacial score (nSPS) is 37.9. The highest BCUT2D eigenvalue weighted by Crippen LogP contribution is 2.28. The van der Waals surface area contributed by atoms with Crippen LogP contribution in [-0.4, -0.2) is 17.2 Å². The molecule has 1 aromatic rings. The molecular formula is C13H18Br2N2O. The summed E-state index contributed by atoms with van der Waals surface area (Å²) in [5.41, 5.74) is 7.34. The van der Waals surface area contributed by atoms with Crippen molar-refractivity contribution >= 4 is 37.5 Å². The summed E-state index contributed by atoms with van der Waals surface area (Å²) < 4.78 is 40.5. The van der Waals surface area contributed by atoms with Crippen LogP contribution in [0.5, 0.6) is 0 Å². The van der Waals surface area contributed by atoms with E-state index in [1.165, 1.54) is 0 Å². The number of aliphatic hydroxyl groups is 1. The Morgan fingerprint density at radius 2 is 2.11 bits per heavy atom. The zero-order valence-electron chi connectivity index (χ0n) is 14.6. The molecule has 1 fully saturated rings.